The van der Waals surface area contributed by atoms with Crippen molar-refractivity contribution in [2.24, 2.45) is 0 Å². The molecule has 1 aromatic carbocycles. The molecule has 1 atom stereocenters. The summed E-state index contributed by atoms with van der Waals surface area (Å²) in [7, 11) is 0. The normalized spacial score (nSPS) is 12.4. The molecule has 0 aliphatic carbocycles. The van der Waals surface area contributed by atoms with Gasteiger partial charge in [-0.1, -0.05) is 5.21 Å². The van der Waals surface area contributed by atoms with Crippen LogP contribution in [0.1, 0.15) is 18.5 Å². The second kappa shape index (κ2) is 7.22. The second-order valence-electron chi connectivity index (χ2n) is 6.26. The predicted octanol–water partition coefficient (Wildman–Crippen LogP) is 2.98. The third-order valence-corrected chi connectivity index (χ3v) is 4.30. The molecule has 28 heavy (non-hydrogen) atoms. The number of rotatable bonds is 6. The average molecular weight is 385 g/mol. The molecule has 2 N–H and O–H groups in total. The van der Waals surface area contributed by atoms with Crippen LogP contribution < -0.4 is 5.32 Å². The number of alkyl halides is 1. The van der Waals surface area contributed by atoms with E-state index in [-0.39, 0.29) is 12.3 Å². The Bertz CT molecular complexity index is 1120. The third-order valence-electron chi connectivity index (χ3n) is 4.30. The molecule has 8 nitrogen and oxygen atoms in total. The van der Waals surface area contributed by atoms with E-state index in [0.717, 1.165) is 0 Å². The van der Waals surface area contributed by atoms with Crippen LogP contribution in [0.15, 0.2) is 42.7 Å². The van der Waals surface area contributed by atoms with Gasteiger partial charge in [-0.2, -0.15) is 0 Å². The summed E-state index contributed by atoms with van der Waals surface area (Å²) in [6, 6.07) is 6.90. The van der Waals surface area contributed by atoms with Crippen molar-refractivity contribution in [2.75, 3.05) is 12.0 Å². The van der Waals surface area contributed by atoms with Crippen LogP contribution in [0.2, 0.25) is 0 Å². The number of fused-ring (bicyclic) bond motifs is 1. The first-order valence-corrected chi connectivity index (χ1v) is 8.61. The van der Waals surface area contributed by atoms with E-state index < -0.39 is 18.5 Å². The molecular formula is C18H17F2N7O. The van der Waals surface area contributed by atoms with Gasteiger partial charge in [-0.25, -0.2) is 23.0 Å². The number of phenols is 1. The van der Waals surface area contributed by atoms with Gasteiger partial charge in [0.15, 0.2) is 5.65 Å². The minimum atomic E-state index is -0.535. The Kier molecular flexibility index (Phi) is 4.60. The zero-order valence-corrected chi connectivity index (χ0v) is 14.9. The number of nitrogens with zero attached hydrogens (tertiary/aromatic N) is 6. The highest BCUT2D eigenvalue weighted by molar-refractivity contribution is 5.59. The molecule has 0 spiro atoms. The molecule has 0 unspecified atom stereocenters. The maximum atomic E-state index is 13.5. The molecular weight excluding hydrogens is 368 g/mol. The molecule has 0 fully saturated rings. The fraction of sp³-hybridized carbons (Fsp3) is 0.222. The van der Waals surface area contributed by atoms with Crippen LogP contribution in [0.25, 0.3) is 17.0 Å². The van der Waals surface area contributed by atoms with E-state index in [1.165, 1.54) is 22.9 Å². The number of phenolic OH excluding ortho intramolecular Hbond substituents is 1. The first kappa shape index (κ1) is 17.8. The lowest BCUT2D eigenvalue weighted by molar-refractivity contribution is 0.422. The van der Waals surface area contributed by atoms with Crippen LogP contribution >= 0.6 is 0 Å². The molecule has 0 saturated carbocycles. The standard InChI is InChI=1S/C18H17F2N7O/c1-11(13-8-12(20)2-3-16(13)28)22-17-4-5-18-21-9-15(27(18)24-17)14-10-26(7-6-19)25-23-14/h2-5,8-11,28H,6-7H2,1H3,(H,22,24)/t11-/m1/s1. The summed E-state index contributed by atoms with van der Waals surface area (Å²) in [5.74, 6) is 0.0625. The summed E-state index contributed by atoms with van der Waals surface area (Å²) >= 11 is 0. The predicted molar refractivity (Wildman–Crippen MR) is 98.1 cm³/mol. The van der Waals surface area contributed by atoms with Gasteiger partial charge >= 0.3 is 0 Å². The first-order chi connectivity index (χ1) is 13.5. The molecule has 4 aromatic rings. The molecule has 4 rings (SSSR count). The van der Waals surface area contributed by atoms with Gasteiger partial charge in [0.1, 0.15) is 35.4 Å². The van der Waals surface area contributed by atoms with Crippen molar-refractivity contribution in [1.29, 1.82) is 0 Å². The van der Waals surface area contributed by atoms with Gasteiger partial charge in [-0.3, -0.25) is 0 Å². The van der Waals surface area contributed by atoms with Gasteiger partial charge in [0.05, 0.1) is 25.0 Å². The number of halogens is 2. The monoisotopic (exact) mass is 385 g/mol. The third kappa shape index (κ3) is 3.36. The fourth-order valence-corrected chi connectivity index (χ4v) is 2.91. The van der Waals surface area contributed by atoms with E-state index in [2.05, 4.69) is 25.7 Å². The highest BCUT2D eigenvalue weighted by Crippen LogP contribution is 2.27. The zero-order chi connectivity index (χ0) is 19.7. The summed E-state index contributed by atoms with van der Waals surface area (Å²) in [4.78, 5) is 4.29. The zero-order valence-electron chi connectivity index (χ0n) is 14.9. The van der Waals surface area contributed by atoms with Crippen LogP contribution in [-0.2, 0) is 6.54 Å². The maximum absolute atomic E-state index is 13.5. The van der Waals surface area contributed by atoms with Crippen LogP contribution in [0.5, 0.6) is 5.75 Å². The molecule has 3 aromatic heterocycles. The number of hydrogen-bond acceptors (Lipinski definition) is 6. The number of nitrogens with one attached hydrogen (secondary N) is 1. The van der Waals surface area contributed by atoms with E-state index in [1.54, 1.807) is 36.0 Å². The van der Waals surface area contributed by atoms with Gasteiger partial charge in [0.25, 0.3) is 0 Å². The Morgan fingerprint density at radius 3 is 2.93 bits per heavy atom. The molecule has 10 heteroatoms. The van der Waals surface area contributed by atoms with Crippen molar-refractivity contribution in [2.45, 2.75) is 19.5 Å². The van der Waals surface area contributed by atoms with Crippen LogP contribution in [0.3, 0.4) is 0 Å². The smallest absolute Gasteiger partial charge is 0.154 e. The minimum absolute atomic E-state index is 0.00438. The van der Waals surface area contributed by atoms with Crippen LogP contribution in [-0.4, -0.2) is 41.4 Å². The van der Waals surface area contributed by atoms with E-state index in [0.29, 0.717) is 28.4 Å². The number of anilines is 1. The molecule has 144 valence electrons. The van der Waals surface area contributed by atoms with Crippen molar-refractivity contribution < 1.29 is 13.9 Å². The number of aromatic nitrogens is 6. The highest BCUT2D eigenvalue weighted by Gasteiger charge is 2.15. The summed E-state index contributed by atoms with van der Waals surface area (Å²) in [5.41, 5.74) is 2.13. The molecule has 3 heterocycles. The van der Waals surface area contributed by atoms with Crippen molar-refractivity contribution >= 4 is 11.5 Å². The van der Waals surface area contributed by atoms with Gasteiger partial charge in [0, 0.05) is 5.56 Å². The van der Waals surface area contributed by atoms with Gasteiger partial charge < -0.3 is 10.4 Å². The summed E-state index contributed by atoms with van der Waals surface area (Å²) in [6.07, 6.45) is 3.23. The average Bonchev–Trinajstić information content (AvgIpc) is 3.30. The molecule has 0 saturated heterocycles. The summed E-state index contributed by atoms with van der Waals surface area (Å²) < 4.78 is 29.0. The summed E-state index contributed by atoms with van der Waals surface area (Å²) in [5, 5.41) is 25.5. The Morgan fingerprint density at radius 1 is 1.25 bits per heavy atom. The lowest BCUT2D eigenvalue weighted by atomic mass is 10.1. The van der Waals surface area contributed by atoms with E-state index in [1.807, 2.05) is 0 Å². The number of imidazole rings is 1. The Morgan fingerprint density at radius 2 is 2.11 bits per heavy atom. The van der Waals surface area contributed by atoms with Crippen molar-refractivity contribution in [3.8, 4) is 17.1 Å². The highest BCUT2D eigenvalue weighted by atomic mass is 19.1. The van der Waals surface area contributed by atoms with E-state index in [4.69, 9.17) is 0 Å². The molecule has 0 bridgehead atoms. The van der Waals surface area contributed by atoms with Crippen molar-refractivity contribution in [3.05, 3.63) is 54.1 Å². The lowest BCUT2D eigenvalue weighted by Gasteiger charge is -2.16. The first-order valence-electron chi connectivity index (χ1n) is 8.61. The number of hydrogen-bond donors (Lipinski definition) is 2. The summed E-state index contributed by atoms with van der Waals surface area (Å²) in [6.45, 7) is 1.38. The van der Waals surface area contributed by atoms with Gasteiger partial charge in [-0.05, 0) is 37.3 Å². The van der Waals surface area contributed by atoms with Crippen molar-refractivity contribution in [1.82, 2.24) is 29.6 Å². The SMILES string of the molecule is C[C@@H](Nc1ccc2ncc(-c3cn(CCF)nn3)n2n1)c1cc(F)ccc1O. The molecule has 0 amide bonds. The Labute approximate surface area is 158 Å². The quantitative estimate of drug-likeness (QED) is 0.530. The van der Waals surface area contributed by atoms with Crippen molar-refractivity contribution in [3.63, 3.8) is 0 Å². The van der Waals surface area contributed by atoms with E-state index in [9.17, 15) is 13.9 Å². The Balaban J connectivity index is 1.64. The number of aryl methyl sites for hydroxylation is 1. The maximum Gasteiger partial charge on any atom is 0.154 e. The topological polar surface area (TPSA) is 93.2 Å². The largest absolute Gasteiger partial charge is 0.508 e. The Hall–Kier alpha value is -3.56. The lowest BCUT2D eigenvalue weighted by Crippen LogP contribution is -2.10. The van der Waals surface area contributed by atoms with Gasteiger partial charge in [0.2, 0.25) is 0 Å². The van der Waals surface area contributed by atoms with E-state index >= 15 is 0 Å². The number of benzene rings is 1. The second-order valence-corrected chi connectivity index (χ2v) is 6.26. The molecule has 0 radical (unpaired) electrons. The fourth-order valence-electron chi connectivity index (χ4n) is 2.91. The van der Waals surface area contributed by atoms with Gasteiger partial charge in [-0.15, -0.1) is 10.2 Å². The van der Waals surface area contributed by atoms with Crippen LogP contribution in [0, 0.1) is 5.82 Å². The van der Waals surface area contributed by atoms with Crippen LogP contribution in [0.4, 0.5) is 14.6 Å². The molecule has 0 aliphatic heterocycles. The molecule has 0 aliphatic rings. The number of aromatic hydroxyl groups is 1. The minimum Gasteiger partial charge on any atom is -0.508 e.